The molecule has 0 spiro atoms. The van der Waals surface area contributed by atoms with Crippen molar-refractivity contribution in [2.24, 2.45) is 0 Å². The fraction of sp³-hybridized carbons (Fsp3) is 0.312. The molecule has 0 saturated carbocycles. The first-order valence-corrected chi connectivity index (χ1v) is 8.27. The lowest BCUT2D eigenvalue weighted by Gasteiger charge is -2.18. The summed E-state index contributed by atoms with van der Waals surface area (Å²) in [5, 5.41) is 2.22. The average molecular weight is 399 g/mol. The second-order valence-electron chi connectivity index (χ2n) is 5.00. The van der Waals surface area contributed by atoms with E-state index in [1.165, 1.54) is 0 Å². The van der Waals surface area contributed by atoms with Gasteiger partial charge in [0.05, 0.1) is 0 Å². The number of nitrogens with zero attached hydrogens (tertiary/aromatic N) is 1. The van der Waals surface area contributed by atoms with Crippen LogP contribution in [-0.2, 0) is 0 Å². The molecule has 4 heteroatoms. The van der Waals surface area contributed by atoms with Crippen LogP contribution in [0.25, 0.3) is 10.8 Å². The number of benzene rings is 2. The van der Waals surface area contributed by atoms with Gasteiger partial charge in [0.15, 0.2) is 0 Å². The van der Waals surface area contributed by atoms with Crippen molar-refractivity contribution in [3.05, 3.63) is 46.4 Å². The van der Waals surface area contributed by atoms with Gasteiger partial charge in [-0.2, -0.15) is 0 Å². The zero-order valence-corrected chi connectivity index (χ0v) is 14.7. The first kappa shape index (κ1) is 15.5. The molecule has 2 rings (SSSR count). The quantitative estimate of drug-likeness (QED) is 0.674. The minimum atomic E-state index is 0.0722. The number of rotatable bonds is 4. The zero-order chi connectivity index (χ0) is 14.7. The number of halogens is 2. The number of fused-ring (bicyclic) bond motifs is 1. The van der Waals surface area contributed by atoms with Gasteiger partial charge < -0.3 is 4.90 Å². The Morgan fingerprint density at radius 1 is 1.20 bits per heavy atom. The molecule has 0 bridgehead atoms. The molecule has 1 unspecified atom stereocenters. The minimum absolute atomic E-state index is 0.0722. The number of carbonyl (C=O) groups is 1. The van der Waals surface area contributed by atoms with Crippen LogP contribution >= 0.6 is 31.9 Å². The second kappa shape index (κ2) is 6.72. The van der Waals surface area contributed by atoms with Gasteiger partial charge in [-0.3, -0.25) is 4.79 Å². The van der Waals surface area contributed by atoms with Crippen molar-refractivity contribution in [1.82, 2.24) is 4.90 Å². The van der Waals surface area contributed by atoms with E-state index in [9.17, 15) is 4.79 Å². The van der Waals surface area contributed by atoms with Gasteiger partial charge in [-0.15, -0.1) is 0 Å². The van der Waals surface area contributed by atoms with Crippen LogP contribution in [-0.4, -0.2) is 29.2 Å². The third-order valence-corrected chi connectivity index (χ3v) is 4.21. The van der Waals surface area contributed by atoms with Gasteiger partial charge in [-0.05, 0) is 41.5 Å². The molecule has 2 nitrogen and oxygen atoms in total. The highest BCUT2D eigenvalue weighted by atomic mass is 79.9. The molecule has 1 atom stereocenters. The number of carbonyl (C=O) groups excluding carboxylic acids is 1. The van der Waals surface area contributed by atoms with Gasteiger partial charge in [0.25, 0.3) is 5.91 Å². The maximum atomic E-state index is 12.4. The van der Waals surface area contributed by atoms with E-state index in [2.05, 4.69) is 44.8 Å². The van der Waals surface area contributed by atoms with Gasteiger partial charge >= 0.3 is 0 Å². The molecule has 0 heterocycles. The highest BCUT2D eigenvalue weighted by Crippen LogP contribution is 2.21. The Hall–Kier alpha value is -0.870. The van der Waals surface area contributed by atoms with Gasteiger partial charge in [0.1, 0.15) is 0 Å². The van der Waals surface area contributed by atoms with E-state index in [0.29, 0.717) is 4.83 Å². The molecular formula is C16H17Br2NO. The van der Waals surface area contributed by atoms with Crippen LogP contribution in [0.2, 0.25) is 0 Å². The summed E-state index contributed by atoms with van der Waals surface area (Å²) in [4.78, 5) is 14.6. The van der Waals surface area contributed by atoms with E-state index < -0.39 is 0 Å². The Bertz CT molecular complexity index is 625. The predicted molar refractivity (Wildman–Crippen MR) is 91.6 cm³/mol. The molecule has 0 aliphatic heterocycles. The zero-order valence-electron chi connectivity index (χ0n) is 11.6. The summed E-state index contributed by atoms with van der Waals surface area (Å²) in [6, 6.07) is 11.9. The van der Waals surface area contributed by atoms with Crippen molar-refractivity contribution in [1.29, 1.82) is 0 Å². The van der Waals surface area contributed by atoms with Crippen molar-refractivity contribution < 1.29 is 4.79 Å². The number of amides is 1. The van der Waals surface area contributed by atoms with Crippen molar-refractivity contribution >= 4 is 48.5 Å². The van der Waals surface area contributed by atoms with Crippen LogP contribution in [0.5, 0.6) is 0 Å². The monoisotopic (exact) mass is 397 g/mol. The van der Waals surface area contributed by atoms with Crippen LogP contribution in [0.1, 0.15) is 23.7 Å². The molecule has 0 radical (unpaired) electrons. The molecule has 2 aromatic rings. The Morgan fingerprint density at radius 3 is 2.55 bits per heavy atom. The summed E-state index contributed by atoms with van der Waals surface area (Å²) < 4.78 is 1.05. The minimum Gasteiger partial charge on any atom is -0.342 e. The van der Waals surface area contributed by atoms with Crippen molar-refractivity contribution in [2.75, 3.05) is 13.6 Å². The van der Waals surface area contributed by atoms with E-state index >= 15 is 0 Å². The maximum Gasteiger partial charge on any atom is 0.253 e. The van der Waals surface area contributed by atoms with E-state index in [0.717, 1.165) is 33.8 Å². The fourth-order valence-electron chi connectivity index (χ4n) is 2.04. The molecule has 0 N–H and O–H groups in total. The smallest absolute Gasteiger partial charge is 0.253 e. The third-order valence-electron chi connectivity index (χ3n) is 3.26. The van der Waals surface area contributed by atoms with Gasteiger partial charge in [-0.1, -0.05) is 50.9 Å². The largest absolute Gasteiger partial charge is 0.342 e. The third kappa shape index (κ3) is 3.83. The Balaban J connectivity index is 2.20. The van der Waals surface area contributed by atoms with Crippen molar-refractivity contribution in [3.8, 4) is 0 Å². The normalized spacial score (nSPS) is 12.4. The first-order valence-electron chi connectivity index (χ1n) is 6.56. The molecule has 20 heavy (non-hydrogen) atoms. The van der Waals surface area contributed by atoms with Crippen LogP contribution in [0.3, 0.4) is 0 Å². The Labute approximate surface area is 136 Å². The molecule has 0 fully saturated rings. The topological polar surface area (TPSA) is 20.3 Å². The molecule has 106 valence electrons. The Kier molecular flexibility index (Phi) is 5.22. The molecule has 2 aromatic carbocycles. The summed E-state index contributed by atoms with van der Waals surface area (Å²) >= 11 is 6.96. The van der Waals surface area contributed by atoms with E-state index in [1.807, 2.05) is 37.4 Å². The van der Waals surface area contributed by atoms with E-state index in [4.69, 9.17) is 0 Å². The highest BCUT2D eigenvalue weighted by molar-refractivity contribution is 9.10. The Morgan fingerprint density at radius 2 is 1.85 bits per heavy atom. The van der Waals surface area contributed by atoms with Crippen LogP contribution in [0.15, 0.2) is 40.9 Å². The maximum absolute atomic E-state index is 12.4. The van der Waals surface area contributed by atoms with Gasteiger partial charge in [-0.25, -0.2) is 0 Å². The summed E-state index contributed by atoms with van der Waals surface area (Å²) in [6.45, 7) is 2.84. The molecule has 0 saturated heterocycles. The van der Waals surface area contributed by atoms with Crippen molar-refractivity contribution in [3.63, 3.8) is 0 Å². The average Bonchev–Trinajstić information content (AvgIpc) is 2.43. The van der Waals surface area contributed by atoms with E-state index in [1.54, 1.807) is 4.90 Å². The second-order valence-corrected chi connectivity index (χ2v) is 7.48. The van der Waals surface area contributed by atoms with Gasteiger partial charge in [0.2, 0.25) is 0 Å². The standard InChI is InChI=1S/C16H17Br2NO/c1-11(17)7-8-19(2)16(20)14-4-3-13-10-15(18)6-5-12(13)9-14/h3-6,9-11H,7-8H2,1-2H3. The van der Waals surface area contributed by atoms with Crippen LogP contribution in [0, 0.1) is 0 Å². The van der Waals surface area contributed by atoms with Crippen LogP contribution in [0.4, 0.5) is 0 Å². The summed E-state index contributed by atoms with van der Waals surface area (Å²) in [6.07, 6.45) is 0.947. The predicted octanol–water partition coefficient (Wildman–Crippen LogP) is 4.85. The molecule has 0 aliphatic rings. The lowest BCUT2D eigenvalue weighted by molar-refractivity contribution is 0.0794. The number of alkyl halides is 1. The summed E-state index contributed by atoms with van der Waals surface area (Å²) in [5.74, 6) is 0.0722. The molecule has 0 aliphatic carbocycles. The SMILES string of the molecule is CC(Br)CCN(C)C(=O)c1ccc2cc(Br)ccc2c1. The lowest BCUT2D eigenvalue weighted by Crippen LogP contribution is -2.28. The summed E-state index contributed by atoms with van der Waals surface area (Å²) in [5.41, 5.74) is 0.740. The molecule has 1 amide bonds. The first-order chi connectivity index (χ1) is 9.47. The highest BCUT2D eigenvalue weighted by Gasteiger charge is 2.12. The van der Waals surface area contributed by atoms with Crippen molar-refractivity contribution in [2.45, 2.75) is 18.2 Å². The number of hydrogen-bond donors (Lipinski definition) is 0. The van der Waals surface area contributed by atoms with Crippen LogP contribution < -0.4 is 0 Å². The van der Waals surface area contributed by atoms with E-state index in [-0.39, 0.29) is 5.91 Å². The summed E-state index contributed by atoms with van der Waals surface area (Å²) in [7, 11) is 1.85. The fourth-order valence-corrected chi connectivity index (χ4v) is 2.63. The number of hydrogen-bond acceptors (Lipinski definition) is 1. The molecular weight excluding hydrogens is 382 g/mol. The lowest BCUT2D eigenvalue weighted by atomic mass is 10.1. The van der Waals surface area contributed by atoms with Gasteiger partial charge in [0, 0.05) is 28.5 Å². The molecule has 0 aromatic heterocycles.